The second-order valence-corrected chi connectivity index (χ2v) is 11.1. The number of carboxylic acids is 1. The quantitative estimate of drug-likeness (QED) is 0.209. The fourth-order valence-corrected chi connectivity index (χ4v) is 6.21. The molecule has 0 saturated carbocycles. The molecule has 0 bridgehead atoms. The Morgan fingerprint density at radius 2 is 1.97 bits per heavy atom. The highest BCUT2D eigenvalue weighted by atomic mass is 32.3. The second kappa shape index (κ2) is 11.3. The summed E-state index contributed by atoms with van der Waals surface area (Å²) in [5.74, 6) is 0.0530. The highest BCUT2D eigenvalue weighted by Gasteiger charge is 2.37. The molecule has 1 aliphatic rings. The molecule has 2 aromatic carbocycles. The predicted molar refractivity (Wildman–Crippen MR) is 136 cm³/mol. The number of thioether (sulfide) groups is 1. The van der Waals surface area contributed by atoms with Gasteiger partial charge in [0.2, 0.25) is 0 Å². The smallest absolute Gasteiger partial charge is 0.331 e. The molecular formula is C24H32N2O5S2. The van der Waals surface area contributed by atoms with E-state index >= 15 is 0 Å². The number of rotatable bonds is 9. The number of likely N-dealkylation sites (N-methyl/N-ethyl adjacent to an activating group) is 1. The van der Waals surface area contributed by atoms with Crippen LogP contribution in [0.1, 0.15) is 33.1 Å². The Bertz CT molecular complexity index is 984. The highest BCUT2D eigenvalue weighted by Crippen LogP contribution is 2.60. The lowest BCUT2D eigenvalue weighted by Crippen LogP contribution is -2.39. The molecule has 180 valence electrons. The van der Waals surface area contributed by atoms with Crippen molar-refractivity contribution in [1.82, 2.24) is 4.31 Å². The van der Waals surface area contributed by atoms with E-state index in [0.717, 1.165) is 53.6 Å². The molecule has 0 fully saturated rings. The maximum atomic E-state index is 11.4. The largest absolute Gasteiger partial charge is 0.478 e. The minimum absolute atomic E-state index is 0.0684. The summed E-state index contributed by atoms with van der Waals surface area (Å²) in [7, 11) is -1.55. The lowest BCUT2D eigenvalue weighted by molar-refractivity contribution is -0.131. The Morgan fingerprint density at radius 3 is 2.61 bits per heavy atom. The van der Waals surface area contributed by atoms with Crippen LogP contribution in [0, 0.1) is 0 Å². The van der Waals surface area contributed by atoms with Crippen LogP contribution in [-0.4, -0.2) is 49.9 Å². The summed E-state index contributed by atoms with van der Waals surface area (Å²) in [5, 5.41) is 8.91. The van der Waals surface area contributed by atoms with Crippen molar-refractivity contribution >= 4 is 39.9 Å². The summed E-state index contributed by atoms with van der Waals surface area (Å²) in [6.45, 7) is 4.75. The molecule has 0 aromatic heterocycles. The number of fused-ring (bicyclic) bond motifs is 1. The SMILES string of the molecule is CCCCC1CN(c2ccccc2)c2cc(SCC)c(O/C=C/C(=O)O)cc2S(O)(O)N1C. The van der Waals surface area contributed by atoms with Gasteiger partial charge in [-0.25, -0.2) is 9.10 Å². The molecule has 1 unspecified atom stereocenters. The summed E-state index contributed by atoms with van der Waals surface area (Å²) in [6, 6.07) is 13.4. The molecule has 0 radical (unpaired) electrons. The zero-order valence-corrected chi connectivity index (χ0v) is 20.8. The lowest BCUT2D eigenvalue weighted by Gasteiger charge is -2.43. The van der Waals surface area contributed by atoms with Crippen LogP contribution in [0.4, 0.5) is 11.4 Å². The molecule has 7 nitrogen and oxygen atoms in total. The minimum atomic E-state index is -3.31. The van der Waals surface area contributed by atoms with Crippen LogP contribution in [0.5, 0.6) is 5.75 Å². The van der Waals surface area contributed by atoms with Crippen molar-refractivity contribution in [1.29, 1.82) is 0 Å². The van der Waals surface area contributed by atoms with Crippen molar-refractivity contribution in [2.45, 2.75) is 48.9 Å². The van der Waals surface area contributed by atoms with E-state index in [1.165, 1.54) is 0 Å². The first-order valence-electron chi connectivity index (χ1n) is 11.0. The summed E-state index contributed by atoms with van der Waals surface area (Å²) in [6.07, 6.45) is 4.85. The molecule has 1 atom stereocenters. The average Bonchev–Trinajstić information content (AvgIpc) is 2.87. The summed E-state index contributed by atoms with van der Waals surface area (Å²) < 4.78 is 30.2. The highest BCUT2D eigenvalue weighted by molar-refractivity contribution is 8.22. The number of carbonyl (C=O) groups is 1. The Hall–Kier alpha value is -2.17. The van der Waals surface area contributed by atoms with Gasteiger partial charge in [-0.15, -0.1) is 22.5 Å². The van der Waals surface area contributed by atoms with Gasteiger partial charge in [-0.3, -0.25) is 9.11 Å². The number of benzene rings is 2. The van der Waals surface area contributed by atoms with Gasteiger partial charge in [0.25, 0.3) is 0 Å². The standard InChI is InChI=1S/C24H32N2O5S2/c1-4-6-10-19-17-26(18-11-8-7-9-12-18)20-15-22(32-5-2)21(31-14-13-24(27)28)16-23(20)33(29,30)25(19)3/h7-9,11-16,19,29-30H,4-6,10,17H2,1-3H3,(H,27,28)/b14-13+. The molecule has 0 amide bonds. The lowest BCUT2D eigenvalue weighted by atomic mass is 10.1. The molecule has 1 aliphatic heterocycles. The average molecular weight is 493 g/mol. The number of ether oxygens (including phenoxy) is 1. The van der Waals surface area contributed by atoms with E-state index in [2.05, 4.69) is 11.8 Å². The van der Waals surface area contributed by atoms with Crippen LogP contribution in [0.2, 0.25) is 0 Å². The van der Waals surface area contributed by atoms with E-state index in [1.807, 2.05) is 43.3 Å². The summed E-state index contributed by atoms with van der Waals surface area (Å²) in [4.78, 5) is 14.2. The molecule has 3 N–H and O–H groups in total. The van der Waals surface area contributed by atoms with E-state index in [4.69, 9.17) is 9.84 Å². The topological polar surface area (TPSA) is 93.5 Å². The molecule has 0 saturated heterocycles. The molecule has 2 aromatic rings. The van der Waals surface area contributed by atoms with Gasteiger partial charge in [0, 0.05) is 31.4 Å². The number of aliphatic carboxylic acids is 1. The van der Waals surface area contributed by atoms with E-state index in [1.54, 1.807) is 29.2 Å². The van der Waals surface area contributed by atoms with Gasteiger partial charge in [0.1, 0.15) is 10.6 Å². The van der Waals surface area contributed by atoms with Gasteiger partial charge >= 0.3 is 5.97 Å². The monoisotopic (exact) mass is 492 g/mol. The van der Waals surface area contributed by atoms with Crippen LogP contribution in [0.3, 0.4) is 0 Å². The van der Waals surface area contributed by atoms with Gasteiger partial charge in [0.05, 0.1) is 22.9 Å². The first-order valence-corrected chi connectivity index (χ1v) is 13.5. The zero-order chi connectivity index (χ0) is 24.0. The number of nitrogens with zero attached hydrogens (tertiary/aromatic N) is 2. The third kappa shape index (κ3) is 5.85. The first kappa shape index (κ1) is 25.5. The van der Waals surface area contributed by atoms with E-state index in [9.17, 15) is 13.9 Å². The summed E-state index contributed by atoms with van der Waals surface area (Å²) >= 11 is 1.55. The summed E-state index contributed by atoms with van der Waals surface area (Å²) in [5.41, 5.74) is 1.69. The number of unbranched alkanes of at least 4 members (excludes halogenated alkanes) is 1. The molecule has 0 aliphatic carbocycles. The van der Waals surface area contributed by atoms with Gasteiger partial charge < -0.3 is 14.7 Å². The first-order chi connectivity index (χ1) is 15.8. The number of hydrogen-bond acceptors (Lipinski definition) is 7. The van der Waals surface area contributed by atoms with Crippen molar-refractivity contribution in [3.63, 3.8) is 0 Å². The van der Waals surface area contributed by atoms with Gasteiger partial charge in [-0.2, -0.15) is 0 Å². The van der Waals surface area contributed by atoms with E-state index < -0.39 is 16.7 Å². The fourth-order valence-electron chi connectivity index (χ4n) is 3.84. The van der Waals surface area contributed by atoms with Crippen molar-refractivity contribution in [2.24, 2.45) is 0 Å². The Morgan fingerprint density at radius 1 is 1.24 bits per heavy atom. The number of anilines is 2. The molecular weight excluding hydrogens is 460 g/mol. The van der Waals surface area contributed by atoms with Crippen LogP contribution in [-0.2, 0) is 4.79 Å². The Kier molecular flexibility index (Phi) is 8.72. The van der Waals surface area contributed by atoms with Crippen molar-refractivity contribution < 1.29 is 23.7 Å². The number of hydrogen-bond donors (Lipinski definition) is 3. The molecule has 0 spiro atoms. The van der Waals surface area contributed by atoms with Crippen LogP contribution < -0.4 is 9.64 Å². The van der Waals surface area contributed by atoms with Crippen LogP contribution >= 0.6 is 22.5 Å². The van der Waals surface area contributed by atoms with Crippen molar-refractivity contribution in [3.8, 4) is 5.75 Å². The maximum absolute atomic E-state index is 11.4. The second-order valence-electron chi connectivity index (χ2n) is 7.77. The van der Waals surface area contributed by atoms with E-state index in [0.29, 0.717) is 17.2 Å². The third-order valence-electron chi connectivity index (χ3n) is 5.58. The van der Waals surface area contributed by atoms with Gasteiger partial charge in [0.15, 0.2) is 0 Å². The molecule has 9 heteroatoms. The van der Waals surface area contributed by atoms with Crippen molar-refractivity contribution in [3.05, 3.63) is 54.8 Å². The number of para-hydroxylation sites is 1. The minimum Gasteiger partial charge on any atom is -0.478 e. The molecule has 33 heavy (non-hydrogen) atoms. The number of carboxylic acid groups (broad SMARTS) is 1. The Balaban J connectivity index is 2.19. The predicted octanol–water partition coefficient (Wildman–Crippen LogP) is 6.44. The van der Waals surface area contributed by atoms with Gasteiger partial charge in [-0.05, 0) is 30.4 Å². The fraction of sp³-hybridized carbons (Fsp3) is 0.375. The molecule has 1 heterocycles. The maximum Gasteiger partial charge on any atom is 0.331 e. The molecule has 3 rings (SSSR count). The zero-order valence-electron chi connectivity index (χ0n) is 19.2. The van der Waals surface area contributed by atoms with E-state index in [-0.39, 0.29) is 6.04 Å². The normalized spacial score (nSPS) is 19.2. The Labute approximate surface area is 201 Å². The van der Waals surface area contributed by atoms with Crippen molar-refractivity contribution in [2.75, 3.05) is 24.2 Å². The van der Waals surface area contributed by atoms with Crippen LogP contribution in [0.25, 0.3) is 0 Å². The third-order valence-corrected chi connectivity index (χ3v) is 8.52. The van der Waals surface area contributed by atoms with Gasteiger partial charge in [-0.1, -0.05) is 44.9 Å². The van der Waals surface area contributed by atoms with Crippen LogP contribution in [0.15, 0.2) is 64.6 Å².